The van der Waals surface area contributed by atoms with E-state index in [2.05, 4.69) is 9.97 Å². The summed E-state index contributed by atoms with van der Waals surface area (Å²) in [6.45, 7) is 3.38. The summed E-state index contributed by atoms with van der Waals surface area (Å²) in [5.74, 6) is 2.82. The first-order valence-corrected chi connectivity index (χ1v) is 4.91. The van der Waals surface area contributed by atoms with E-state index < -0.39 is 0 Å². The van der Waals surface area contributed by atoms with Crippen LogP contribution in [0.4, 0.5) is 0 Å². The molecule has 4 heteroatoms. The first kappa shape index (κ1) is 9.40. The van der Waals surface area contributed by atoms with E-state index in [9.17, 15) is 0 Å². The largest absolute Gasteiger partial charge is 0.490 e. The van der Waals surface area contributed by atoms with Gasteiger partial charge in [0.25, 0.3) is 0 Å². The Hall–Kier alpha value is -1.16. The van der Waals surface area contributed by atoms with Crippen molar-refractivity contribution in [2.75, 3.05) is 13.2 Å². The molecule has 1 aromatic rings. The number of aryl methyl sites for hydroxylation is 1. The Kier molecular flexibility index (Phi) is 2.63. The lowest BCUT2D eigenvalue weighted by Crippen LogP contribution is -2.07. The molecule has 1 aromatic heterocycles. The summed E-state index contributed by atoms with van der Waals surface area (Å²) < 4.78 is 5.54. The van der Waals surface area contributed by atoms with Gasteiger partial charge in [-0.05, 0) is 31.7 Å². The van der Waals surface area contributed by atoms with Gasteiger partial charge in [-0.25, -0.2) is 9.97 Å². The Balaban J connectivity index is 1.78. The lowest BCUT2D eigenvalue weighted by molar-refractivity contribution is 0.289. The van der Waals surface area contributed by atoms with Crippen molar-refractivity contribution in [2.45, 2.75) is 13.3 Å². The van der Waals surface area contributed by atoms with Crippen molar-refractivity contribution in [3.8, 4) is 5.75 Å². The maximum Gasteiger partial charge on any atom is 0.155 e. The Labute approximate surface area is 83.5 Å². The molecule has 2 N–H and O–H groups in total. The van der Waals surface area contributed by atoms with Gasteiger partial charge in [-0.2, -0.15) is 0 Å². The number of aromatic nitrogens is 2. The molecule has 1 fully saturated rings. The number of nitrogens with zero attached hydrogens (tertiary/aromatic N) is 2. The van der Waals surface area contributed by atoms with E-state index in [4.69, 9.17) is 10.5 Å². The van der Waals surface area contributed by atoms with Gasteiger partial charge in [0.05, 0.1) is 19.0 Å². The molecule has 76 valence electrons. The molecule has 0 amide bonds. The summed E-state index contributed by atoms with van der Waals surface area (Å²) >= 11 is 0. The van der Waals surface area contributed by atoms with Crippen molar-refractivity contribution in [1.82, 2.24) is 9.97 Å². The minimum atomic E-state index is 0.640. The number of hydrogen-bond donors (Lipinski definition) is 1. The number of nitrogens with two attached hydrogens (primary N) is 1. The molecule has 2 atom stereocenters. The van der Waals surface area contributed by atoms with Crippen LogP contribution >= 0.6 is 0 Å². The van der Waals surface area contributed by atoms with Crippen molar-refractivity contribution in [2.24, 2.45) is 17.6 Å². The molecule has 2 unspecified atom stereocenters. The van der Waals surface area contributed by atoms with Gasteiger partial charge in [0.2, 0.25) is 0 Å². The SMILES string of the molecule is Cc1ncc(OCC2CC2CN)cn1. The van der Waals surface area contributed by atoms with Crippen LogP contribution in [0, 0.1) is 18.8 Å². The van der Waals surface area contributed by atoms with Crippen LogP contribution in [0.25, 0.3) is 0 Å². The Morgan fingerprint density at radius 3 is 2.71 bits per heavy atom. The van der Waals surface area contributed by atoms with Crippen LogP contribution in [0.1, 0.15) is 12.2 Å². The van der Waals surface area contributed by atoms with Crippen LogP contribution in [-0.2, 0) is 0 Å². The zero-order chi connectivity index (χ0) is 9.97. The molecule has 0 spiro atoms. The van der Waals surface area contributed by atoms with Crippen molar-refractivity contribution in [1.29, 1.82) is 0 Å². The Bertz CT molecular complexity index is 299. The normalized spacial score (nSPS) is 24.7. The highest BCUT2D eigenvalue weighted by atomic mass is 16.5. The molecule has 0 aliphatic heterocycles. The van der Waals surface area contributed by atoms with Gasteiger partial charge in [0.1, 0.15) is 5.82 Å². The van der Waals surface area contributed by atoms with Crippen LogP contribution in [0.5, 0.6) is 5.75 Å². The third-order valence-corrected chi connectivity index (χ3v) is 2.59. The second kappa shape index (κ2) is 3.92. The predicted octanol–water partition coefficient (Wildman–Crippen LogP) is 0.759. The molecule has 4 nitrogen and oxygen atoms in total. The summed E-state index contributed by atoms with van der Waals surface area (Å²) in [7, 11) is 0. The third kappa shape index (κ3) is 2.20. The van der Waals surface area contributed by atoms with Crippen molar-refractivity contribution >= 4 is 0 Å². The van der Waals surface area contributed by atoms with E-state index >= 15 is 0 Å². The van der Waals surface area contributed by atoms with Crippen LogP contribution in [0.2, 0.25) is 0 Å². The molecule has 1 saturated carbocycles. The maximum absolute atomic E-state index is 5.54. The summed E-state index contributed by atoms with van der Waals surface area (Å²) in [6.07, 6.45) is 4.62. The van der Waals surface area contributed by atoms with Gasteiger partial charge in [-0.3, -0.25) is 0 Å². The van der Waals surface area contributed by atoms with Crippen molar-refractivity contribution in [3.05, 3.63) is 18.2 Å². The molecule has 1 aliphatic rings. The summed E-state index contributed by atoms with van der Waals surface area (Å²) in [5.41, 5.74) is 5.53. The van der Waals surface area contributed by atoms with Crippen LogP contribution < -0.4 is 10.5 Å². The molecular weight excluding hydrogens is 178 g/mol. The molecule has 0 radical (unpaired) electrons. The fourth-order valence-corrected chi connectivity index (χ4v) is 1.46. The zero-order valence-corrected chi connectivity index (χ0v) is 8.31. The van der Waals surface area contributed by atoms with Gasteiger partial charge < -0.3 is 10.5 Å². The standard InChI is InChI=1S/C10H15N3O/c1-7-12-4-10(5-13-7)14-6-9-2-8(9)3-11/h4-5,8-9H,2-3,6,11H2,1H3. The number of rotatable bonds is 4. The van der Waals surface area contributed by atoms with Crippen LogP contribution in [0.3, 0.4) is 0 Å². The monoisotopic (exact) mass is 193 g/mol. The van der Waals surface area contributed by atoms with E-state index in [1.165, 1.54) is 6.42 Å². The molecule has 0 aromatic carbocycles. The molecule has 0 saturated heterocycles. The molecule has 1 heterocycles. The van der Waals surface area contributed by atoms with Crippen LogP contribution in [0.15, 0.2) is 12.4 Å². The zero-order valence-electron chi connectivity index (χ0n) is 8.31. The predicted molar refractivity (Wildman–Crippen MR) is 52.9 cm³/mol. The van der Waals surface area contributed by atoms with E-state index in [1.807, 2.05) is 6.92 Å². The average molecular weight is 193 g/mol. The number of hydrogen-bond acceptors (Lipinski definition) is 4. The van der Waals surface area contributed by atoms with Gasteiger partial charge in [-0.1, -0.05) is 0 Å². The summed E-state index contributed by atoms with van der Waals surface area (Å²) in [4.78, 5) is 8.11. The number of ether oxygens (including phenoxy) is 1. The molecule has 2 rings (SSSR count). The highest BCUT2D eigenvalue weighted by molar-refractivity contribution is 5.12. The fourth-order valence-electron chi connectivity index (χ4n) is 1.46. The average Bonchev–Trinajstić information content (AvgIpc) is 2.96. The first-order valence-electron chi connectivity index (χ1n) is 4.91. The molecular formula is C10H15N3O. The maximum atomic E-state index is 5.54. The fraction of sp³-hybridized carbons (Fsp3) is 0.600. The van der Waals surface area contributed by atoms with Crippen molar-refractivity contribution in [3.63, 3.8) is 0 Å². The third-order valence-electron chi connectivity index (χ3n) is 2.59. The second-order valence-corrected chi connectivity index (χ2v) is 3.77. The Morgan fingerprint density at radius 1 is 1.43 bits per heavy atom. The van der Waals surface area contributed by atoms with E-state index in [1.54, 1.807) is 12.4 Å². The minimum Gasteiger partial charge on any atom is -0.490 e. The van der Waals surface area contributed by atoms with Crippen LogP contribution in [-0.4, -0.2) is 23.1 Å². The van der Waals surface area contributed by atoms with Gasteiger partial charge in [0.15, 0.2) is 5.75 Å². The van der Waals surface area contributed by atoms with Gasteiger partial charge in [0, 0.05) is 0 Å². The second-order valence-electron chi connectivity index (χ2n) is 3.77. The van der Waals surface area contributed by atoms with Gasteiger partial charge in [-0.15, -0.1) is 0 Å². The highest BCUT2D eigenvalue weighted by Crippen LogP contribution is 2.37. The molecule has 14 heavy (non-hydrogen) atoms. The lowest BCUT2D eigenvalue weighted by Gasteiger charge is -2.04. The molecule has 1 aliphatic carbocycles. The smallest absolute Gasteiger partial charge is 0.155 e. The van der Waals surface area contributed by atoms with E-state index in [0.29, 0.717) is 11.8 Å². The van der Waals surface area contributed by atoms with E-state index in [-0.39, 0.29) is 0 Å². The first-order chi connectivity index (χ1) is 6.79. The Morgan fingerprint density at radius 2 is 2.14 bits per heavy atom. The van der Waals surface area contributed by atoms with Crippen molar-refractivity contribution < 1.29 is 4.74 Å². The highest BCUT2D eigenvalue weighted by Gasteiger charge is 2.36. The van der Waals surface area contributed by atoms with Gasteiger partial charge >= 0.3 is 0 Å². The quantitative estimate of drug-likeness (QED) is 0.766. The van der Waals surface area contributed by atoms with E-state index in [0.717, 1.165) is 24.7 Å². The lowest BCUT2D eigenvalue weighted by atomic mass is 10.3. The minimum absolute atomic E-state index is 0.640. The summed E-state index contributed by atoms with van der Waals surface area (Å²) in [5, 5.41) is 0. The topological polar surface area (TPSA) is 61.0 Å². The summed E-state index contributed by atoms with van der Waals surface area (Å²) in [6, 6.07) is 0. The molecule has 0 bridgehead atoms.